The Morgan fingerprint density at radius 2 is 2.18 bits per heavy atom. The zero-order chi connectivity index (χ0) is 12.3. The molecule has 0 unspecified atom stereocenters. The van der Waals surface area contributed by atoms with Gasteiger partial charge in [-0.15, -0.1) is 0 Å². The second-order valence-electron chi connectivity index (χ2n) is 3.20. The fourth-order valence-corrected chi connectivity index (χ4v) is 2.53. The van der Waals surface area contributed by atoms with Gasteiger partial charge in [-0.1, -0.05) is 22.0 Å². The van der Waals surface area contributed by atoms with Crippen LogP contribution in [0.5, 0.6) is 0 Å². The molecule has 0 aliphatic heterocycles. The first-order chi connectivity index (χ1) is 8.15. The smallest absolute Gasteiger partial charge is 0.193 e. The summed E-state index contributed by atoms with van der Waals surface area (Å²) in [5, 5.41) is 7.90. The fourth-order valence-electron chi connectivity index (χ4n) is 1.18. The van der Waals surface area contributed by atoms with Gasteiger partial charge in [-0.3, -0.25) is 5.41 Å². The lowest BCUT2D eigenvalue weighted by atomic mass is 10.4. The van der Waals surface area contributed by atoms with Crippen molar-refractivity contribution in [3.05, 3.63) is 46.7 Å². The molecule has 3 N–H and O–H groups in total. The maximum atomic E-state index is 7.32. The molecule has 0 radical (unpaired) electrons. The first-order valence-corrected chi connectivity index (χ1v) is 6.37. The Morgan fingerprint density at radius 1 is 1.35 bits per heavy atom. The summed E-state index contributed by atoms with van der Waals surface area (Å²) in [6, 6.07) is 9.47. The summed E-state index contributed by atoms with van der Waals surface area (Å²) in [6.45, 7) is 0. The Bertz CT molecular complexity index is 559. The molecule has 6 heteroatoms. The van der Waals surface area contributed by atoms with E-state index in [2.05, 4.69) is 25.9 Å². The highest BCUT2D eigenvalue weighted by molar-refractivity contribution is 9.10. The van der Waals surface area contributed by atoms with E-state index in [-0.39, 0.29) is 5.84 Å². The van der Waals surface area contributed by atoms with Crippen molar-refractivity contribution < 1.29 is 0 Å². The predicted octanol–water partition coefficient (Wildman–Crippen LogP) is 2.67. The van der Waals surface area contributed by atoms with Gasteiger partial charge in [0.1, 0.15) is 11.5 Å². The van der Waals surface area contributed by atoms with Crippen molar-refractivity contribution in [2.75, 3.05) is 0 Å². The van der Waals surface area contributed by atoms with Crippen LogP contribution in [0, 0.1) is 5.41 Å². The molecule has 0 atom stereocenters. The minimum absolute atomic E-state index is 0.0523. The molecule has 0 saturated carbocycles. The third-order valence-electron chi connectivity index (χ3n) is 1.91. The number of rotatable bonds is 3. The van der Waals surface area contributed by atoms with Crippen LogP contribution in [0.4, 0.5) is 0 Å². The lowest BCUT2D eigenvalue weighted by Crippen LogP contribution is -2.13. The summed E-state index contributed by atoms with van der Waals surface area (Å²) in [7, 11) is 0. The Hall–Kier alpha value is -1.40. The number of amidine groups is 1. The Kier molecular flexibility index (Phi) is 3.75. The van der Waals surface area contributed by atoms with E-state index < -0.39 is 0 Å². The SMILES string of the molecule is N=C(N)c1ccnc(Sc2cccc(Br)c2)n1. The van der Waals surface area contributed by atoms with Gasteiger partial charge < -0.3 is 5.73 Å². The van der Waals surface area contributed by atoms with Crippen molar-refractivity contribution in [1.29, 1.82) is 5.41 Å². The highest BCUT2D eigenvalue weighted by atomic mass is 79.9. The average Bonchev–Trinajstić information content (AvgIpc) is 2.29. The monoisotopic (exact) mass is 308 g/mol. The molecule has 0 aliphatic rings. The molecule has 0 saturated heterocycles. The highest BCUT2D eigenvalue weighted by Gasteiger charge is 2.04. The van der Waals surface area contributed by atoms with E-state index >= 15 is 0 Å². The van der Waals surface area contributed by atoms with E-state index in [0.717, 1.165) is 9.37 Å². The van der Waals surface area contributed by atoms with E-state index in [1.807, 2.05) is 24.3 Å². The number of nitrogens with two attached hydrogens (primary N) is 1. The third kappa shape index (κ3) is 3.28. The lowest BCUT2D eigenvalue weighted by Gasteiger charge is -2.02. The second kappa shape index (κ2) is 5.29. The zero-order valence-corrected chi connectivity index (χ0v) is 11.1. The van der Waals surface area contributed by atoms with Gasteiger partial charge in [0.05, 0.1) is 0 Å². The molecule has 0 fully saturated rings. The fraction of sp³-hybridized carbons (Fsp3) is 0. The topological polar surface area (TPSA) is 75.7 Å². The first-order valence-electron chi connectivity index (χ1n) is 4.76. The third-order valence-corrected chi connectivity index (χ3v) is 3.28. The van der Waals surface area contributed by atoms with Gasteiger partial charge in [0, 0.05) is 15.6 Å². The summed E-state index contributed by atoms with van der Waals surface area (Å²) >= 11 is 4.83. The molecule has 0 aliphatic carbocycles. The van der Waals surface area contributed by atoms with Crippen LogP contribution < -0.4 is 5.73 Å². The molecule has 17 heavy (non-hydrogen) atoms. The molecule has 1 aromatic carbocycles. The number of nitrogen functional groups attached to an aromatic ring is 1. The number of nitrogens with one attached hydrogen (secondary N) is 1. The Balaban J connectivity index is 2.24. The van der Waals surface area contributed by atoms with Crippen LogP contribution in [0.15, 0.2) is 51.1 Å². The first kappa shape index (κ1) is 12.1. The predicted molar refractivity (Wildman–Crippen MR) is 71.3 cm³/mol. The van der Waals surface area contributed by atoms with Crippen LogP contribution in [0.1, 0.15) is 5.69 Å². The van der Waals surface area contributed by atoms with E-state index in [1.165, 1.54) is 11.8 Å². The molecule has 86 valence electrons. The second-order valence-corrected chi connectivity index (χ2v) is 5.15. The normalized spacial score (nSPS) is 10.2. The quantitative estimate of drug-likeness (QED) is 0.519. The molecule has 4 nitrogen and oxygen atoms in total. The largest absolute Gasteiger partial charge is 0.382 e. The minimum Gasteiger partial charge on any atom is -0.382 e. The van der Waals surface area contributed by atoms with Crippen molar-refractivity contribution in [2.24, 2.45) is 5.73 Å². The van der Waals surface area contributed by atoms with E-state index in [1.54, 1.807) is 12.3 Å². The van der Waals surface area contributed by atoms with Gasteiger partial charge in [-0.2, -0.15) is 0 Å². The molecule has 2 rings (SSSR count). The van der Waals surface area contributed by atoms with Crippen LogP contribution in [-0.4, -0.2) is 15.8 Å². The maximum Gasteiger partial charge on any atom is 0.193 e. The van der Waals surface area contributed by atoms with Crippen LogP contribution in [0.2, 0.25) is 0 Å². The van der Waals surface area contributed by atoms with Crippen molar-refractivity contribution in [3.8, 4) is 0 Å². The number of benzene rings is 1. The minimum atomic E-state index is -0.0523. The van der Waals surface area contributed by atoms with Crippen LogP contribution >= 0.6 is 27.7 Å². The van der Waals surface area contributed by atoms with Gasteiger partial charge in [0.15, 0.2) is 5.16 Å². The van der Waals surface area contributed by atoms with E-state index in [9.17, 15) is 0 Å². The van der Waals surface area contributed by atoms with E-state index in [0.29, 0.717) is 10.9 Å². The molecule has 0 amide bonds. The molecule has 2 aromatic rings. The standard InChI is InChI=1S/C11H9BrN4S/c12-7-2-1-3-8(6-7)17-11-15-5-4-9(16-11)10(13)14/h1-6H,(H3,13,14). The number of hydrogen-bond donors (Lipinski definition) is 2. The van der Waals surface area contributed by atoms with Gasteiger partial charge in [0.25, 0.3) is 0 Å². The molecule has 1 heterocycles. The summed E-state index contributed by atoms with van der Waals surface area (Å²) < 4.78 is 1.00. The lowest BCUT2D eigenvalue weighted by molar-refractivity contribution is 0.954. The zero-order valence-electron chi connectivity index (χ0n) is 8.72. The van der Waals surface area contributed by atoms with Crippen LogP contribution in [-0.2, 0) is 0 Å². The summed E-state index contributed by atoms with van der Waals surface area (Å²) in [6.07, 6.45) is 1.60. The van der Waals surface area contributed by atoms with Gasteiger partial charge in [-0.25, -0.2) is 9.97 Å². The molecule has 0 spiro atoms. The Labute approximate surface area is 111 Å². The van der Waals surface area contributed by atoms with Gasteiger partial charge in [0.2, 0.25) is 0 Å². The summed E-state index contributed by atoms with van der Waals surface area (Å²) in [5.41, 5.74) is 5.82. The van der Waals surface area contributed by atoms with Crippen molar-refractivity contribution >= 4 is 33.5 Å². The van der Waals surface area contributed by atoms with Crippen molar-refractivity contribution in [2.45, 2.75) is 10.1 Å². The van der Waals surface area contributed by atoms with E-state index in [4.69, 9.17) is 11.1 Å². The number of aromatic nitrogens is 2. The highest BCUT2D eigenvalue weighted by Crippen LogP contribution is 2.26. The van der Waals surface area contributed by atoms with Crippen LogP contribution in [0.25, 0.3) is 0 Å². The number of nitrogens with zero attached hydrogens (tertiary/aromatic N) is 2. The number of hydrogen-bond acceptors (Lipinski definition) is 4. The molecule has 0 bridgehead atoms. The maximum absolute atomic E-state index is 7.32. The molecular formula is C11H9BrN4S. The Morgan fingerprint density at radius 3 is 2.88 bits per heavy atom. The van der Waals surface area contributed by atoms with Crippen molar-refractivity contribution in [1.82, 2.24) is 9.97 Å². The van der Waals surface area contributed by atoms with Gasteiger partial charge in [-0.05, 0) is 36.0 Å². The van der Waals surface area contributed by atoms with Crippen molar-refractivity contribution in [3.63, 3.8) is 0 Å². The average molecular weight is 309 g/mol. The molecule has 1 aromatic heterocycles. The van der Waals surface area contributed by atoms with Gasteiger partial charge >= 0.3 is 0 Å². The van der Waals surface area contributed by atoms with Crippen LogP contribution in [0.3, 0.4) is 0 Å². The number of halogens is 1. The summed E-state index contributed by atoms with van der Waals surface area (Å²) in [5.74, 6) is -0.0523. The summed E-state index contributed by atoms with van der Waals surface area (Å²) in [4.78, 5) is 9.34. The molecular weight excluding hydrogens is 300 g/mol.